The number of sulfone groups is 1. The molecule has 1 unspecified atom stereocenters. The summed E-state index contributed by atoms with van der Waals surface area (Å²) in [6.07, 6.45) is 0.649. The highest BCUT2D eigenvalue weighted by atomic mass is 32.2. The third kappa shape index (κ3) is 2.78. The zero-order valence-electron chi connectivity index (χ0n) is 11.1. The molecular formula is C13H16N2O4S. The maximum absolute atomic E-state index is 11.4. The van der Waals surface area contributed by atoms with Gasteiger partial charge < -0.3 is 14.5 Å². The molecule has 1 atom stereocenters. The Balaban J connectivity index is 1.69. The molecule has 0 spiro atoms. The third-order valence-corrected chi connectivity index (χ3v) is 5.18. The Kier molecular flexibility index (Phi) is 3.39. The molecule has 0 radical (unpaired) electrons. The van der Waals surface area contributed by atoms with Crippen LogP contribution in [0.2, 0.25) is 0 Å². The third-order valence-electron chi connectivity index (χ3n) is 3.41. The number of oxazole rings is 1. The van der Waals surface area contributed by atoms with Crippen LogP contribution in [0, 0.1) is 0 Å². The summed E-state index contributed by atoms with van der Waals surface area (Å²) >= 11 is 0. The van der Waals surface area contributed by atoms with Crippen molar-refractivity contribution < 1.29 is 17.6 Å². The molecule has 6 nitrogen and oxygen atoms in total. The van der Waals surface area contributed by atoms with Crippen molar-refractivity contribution in [3.05, 3.63) is 24.1 Å². The first-order valence-corrected chi connectivity index (χ1v) is 8.25. The maximum Gasteiger partial charge on any atom is 0.209 e. The molecule has 0 aliphatic carbocycles. The van der Waals surface area contributed by atoms with Crippen LogP contribution < -0.4 is 10.1 Å². The van der Waals surface area contributed by atoms with E-state index < -0.39 is 9.84 Å². The average Bonchev–Trinajstić information content (AvgIpc) is 2.98. The Hall–Kier alpha value is -1.60. The molecule has 3 rings (SSSR count). The summed E-state index contributed by atoms with van der Waals surface area (Å²) in [7, 11) is -1.26. The largest absolute Gasteiger partial charge is 0.497 e. The first kappa shape index (κ1) is 13.4. The lowest BCUT2D eigenvalue weighted by Crippen LogP contribution is -2.29. The average molecular weight is 296 g/mol. The monoisotopic (exact) mass is 296 g/mol. The second-order valence-corrected chi connectivity index (χ2v) is 7.15. The van der Waals surface area contributed by atoms with Crippen molar-refractivity contribution in [2.75, 3.05) is 18.6 Å². The molecule has 2 aromatic rings. The van der Waals surface area contributed by atoms with E-state index in [-0.39, 0.29) is 17.5 Å². The topological polar surface area (TPSA) is 81.4 Å². The highest BCUT2D eigenvalue weighted by Crippen LogP contribution is 2.21. The van der Waals surface area contributed by atoms with Gasteiger partial charge in [0.05, 0.1) is 25.2 Å². The number of hydrogen-bond donors (Lipinski definition) is 1. The summed E-state index contributed by atoms with van der Waals surface area (Å²) in [4.78, 5) is 4.36. The fourth-order valence-electron chi connectivity index (χ4n) is 2.35. The van der Waals surface area contributed by atoms with Gasteiger partial charge >= 0.3 is 0 Å². The lowest BCUT2D eigenvalue weighted by molar-refractivity contribution is 0.415. The quantitative estimate of drug-likeness (QED) is 0.910. The van der Waals surface area contributed by atoms with Gasteiger partial charge in [-0.1, -0.05) is 0 Å². The van der Waals surface area contributed by atoms with Gasteiger partial charge in [-0.25, -0.2) is 13.4 Å². The summed E-state index contributed by atoms with van der Waals surface area (Å²) < 4.78 is 33.5. The van der Waals surface area contributed by atoms with Crippen LogP contribution in [0.25, 0.3) is 11.1 Å². The second kappa shape index (κ2) is 5.06. The summed E-state index contributed by atoms with van der Waals surface area (Å²) in [5, 5.41) is 3.18. The van der Waals surface area contributed by atoms with Gasteiger partial charge in [0.25, 0.3) is 0 Å². The summed E-state index contributed by atoms with van der Waals surface area (Å²) in [5.41, 5.74) is 1.43. The number of hydrogen-bond acceptors (Lipinski definition) is 6. The van der Waals surface area contributed by atoms with E-state index in [4.69, 9.17) is 9.15 Å². The van der Waals surface area contributed by atoms with Crippen molar-refractivity contribution in [1.29, 1.82) is 0 Å². The molecule has 0 amide bonds. The normalized spacial score (nSPS) is 21.4. The Morgan fingerprint density at radius 2 is 2.35 bits per heavy atom. The number of nitrogens with zero attached hydrogens (tertiary/aromatic N) is 1. The Bertz CT molecular complexity index is 723. The van der Waals surface area contributed by atoms with Gasteiger partial charge in [-0.2, -0.15) is 0 Å². The molecule has 2 heterocycles. The summed E-state index contributed by atoms with van der Waals surface area (Å²) in [6.45, 7) is 0.428. The molecule has 108 valence electrons. The number of methoxy groups -OCH3 is 1. The van der Waals surface area contributed by atoms with Crippen LogP contribution in [0.15, 0.2) is 22.6 Å². The van der Waals surface area contributed by atoms with E-state index in [0.29, 0.717) is 24.4 Å². The van der Waals surface area contributed by atoms with E-state index in [2.05, 4.69) is 10.3 Å². The van der Waals surface area contributed by atoms with E-state index in [9.17, 15) is 8.42 Å². The van der Waals surface area contributed by atoms with Crippen LogP contribution in [0.5, 0.6) is 5.75 Å². The van der Waals surface area contributed by atoms with E-state index in [1.54, 1.807) is 7.11 Å². The van der Waals surface area contributed by atoms with Crippen LogP contribution >= 0.6 is 0 Å². The van der Waals surface area contributed by atoms with E-state index in [0.717, 1.165) is 11.3 Å². The zero-order valence-corrected chi connectivity index (χ0v) is 11.9. The minimum absolute atomic E-state index is 0.00968. The fourth-order valence-corrected chi connectivity index (χ4v) is 4.05. The molecule has 1 saturated heterocycles. The molecular weight excluding hydrogens is 280 g/mol. The van der Waals surface area contributed by atoms with Gasteiger partial charge in [-0.15, -0.1) is 0 Å². The molecule has 7 heteroatoms. The van der Waals surface area contributed by atoms with Crippen molar-refractivity contribution in [2.24, 2.45) is 0 Å². The van der Waals surface area contributed by atoms with E-state index in [1.165, 1.54) is 0 Å². The van der Waals surface area contributed by atoms with E-state index in [1.807, 2.05) is 18.2 Å². The molecule has 1 aromatic carbocycles. The van der Waals surface area contributed by atoms with Crippen molar-refractivity contribution in [3.8, 4) is 5.75 Å². The number of aromatic nitrogens is 1. The Labute approximate surface area is 117 Å². The van der Waals surface area contributed by atoms with Crippen LogP contribution in [0.1, 0.15) is 12.3 Å². The molecule has 0 bridgehead atoms. The van der Waals surface area contributed by atoms with Crippen LogP contribution in [-0.4, -0.2) is 38.1 Å². The SMILES string of the molecule is COc1ccc2oc(CNC3CCS(=O)(=O)C3)nc2c1. The number of ether oxygens (including phenoxy) is 1. The van der Waals surface area contributed by atoms with Crippen LogP contribution in [0.3, 0.4) is 0 Å². The predicted octanol–water partition coefficient (Wildman–Crippen LogP) is 1.11. The van der Waals surface area contributed by atoms with Crippen molar-refractivity contribution >= 4 is 20.9 Å². The first-order chi connectivity index (χ1) is 9.55. The number of fused-ring (bicyclic) bond motifs is 1. The maximum atomic E-state index is 11.4. The molecule has 20 heavy (non-hydrogen) atoms. The standard InChI is InChI=1S/C13H16N2O4S/c1-18-10-2-3-12-11(6-10)15-13(19-12)7-14-9-4-5-20(16,17)8-9/h2-3,6,9,14H,4-5,7-8H2,1H3. The van der Waals surface area contributed by atoms with Crippen molar-refractivity contribution in [1.82, 2.24) is 10.3 Å². The highest BCUT2D eigenvalue weighted by molar-refractivity contribution is 7.91. The number of rotatable bonds is 4. The first-order valence-electron chi connectivity index (χ1n) is 6.43. The van der Waals surface area contributed by atoms with Crippen LogP contribution in [0.4, 0.5) is 0 Å². The molecule has 0 saturated carbocycles. The van der Waals surface area contributed by atoms with Gasteiger partial charge in [-0.3, -0.25) is 0 Å². The van der Waals surface area contributed by atoms with Gasteiger partial charge in [0.1, 0.15) is 11.3 Å². The molecule has 1 fully saturated rings. The minimum Gasteiger partial charge on any atom is -0.497 e. The van der Waals surface area contributed by atoms with Gasteiger partial charge in [0.2, 0.25) is 5.89 Å². The lowest BCUT2D eigenvalue weighted by atomic mass is 10.3. The molecule has 1 aromatic heterocycles. The number of nitrogens with one attached hydrogen (secondary N) is 1. The smallest absolute Gasteiger partial charge is 0.209 e. The minimum atomic E-state index is -2.86. The molecule has 1 aliphatic heterocycles. The van der Waals surface area contributed by atoms with Gasteiger partial charge in [0.15, 0.2) is 15.4 Å². The highest BCUT2D eigenvalue weighted by Gasteiger charge is 2.27. The molecule has 1 aliphatic rings. The van der Waals surface area contributed by atoms with E-state index >= 15 is 0 Å². The Morgan fingerprint density at radius 3 is 3.05 bits per heavy atom. The number of benzene rings is 1. The predicted molar refractivity (Wildman–Crippen MR) is 74.5 cm³/mol. The van der Waals surface area contributed by atoms with Crippen molar-refractivity contribution in [3.63, 3.8) is 0 Å². The van der Waals surface area contributed by atoms with Gasteiger partial charge in [0, 0.05) is 12.1 Å². The second-order valence-electron chi connectivity index (χ2n) is 4.92. The van der Waals surface area contributed by atoms with Gasteiger partial charge in [-0.05, 0) is 18.6 Å². The zero-order chi connectivity index (χ0) is 14.2. The fraction of sp³-hybridized carbons (Fsp3) is 0.462. The van der Waals surface area contributed by atoms with Crippen LogP contribution in [-0.2, 0) is 16.4 Å². The summed E-state index contributed by atoms with van der Waals surface area (Å²) in [5.74, 6) is 1.74. The van der Waals surface area contributed by atoms with Crippen molar-refractivity contribution in [2.45, 2.75) is 19.0 Å². The lowest BCUT2D eigenvalue weighted by Gasteiger charge is -2.07. The Morgan fingerprint density at radius 1 is 1.50 bits per heavy atom. The molecule has 1 N–H and O–H groups in total. The summed E-state index contributed by atoms with van der Waals surface area (Å²) in [6, 6.07) is 5.42.